The van der Waals surface area contributed by atoms with Crippen LogP contribution in [0.4, 0.5) is 0 Å². The average Bonchev–Trinajstić information content (AvgIpc) is 2.71. The summed E-state index contributed by atoms with van der Waals surface area (Å²) in [5, 5.41) is 25.9. The Morgan fingerprint density at radius 2 is 1.28 bits per heavy atom. The Hall–Kier alpha value is -1.76. The minimum absolute atomic E-state index is 0. The zero-order chi connectivity index (χ0) is 18.3. The van der Waals surface area contributed by atoms with Gasteiger partial charge in [-0.05, 0) is 18.2 Å². The van der Waals surface area contributed by atoms with E-state index in [2.05, 4.69) is 0 Å². The SMILES string of the molecule is O=C(O)c1ccc(C(=O)O)c(C(=O)O)c1.[NH-]C1CCCCCC1[NH-].[Pt+2]. The fourth-order valence-electron chi connectivity index (χ4n) is 2.35. The quantitative estimate of drug-likeness (QED) is 0.506. The normalized spacial score (nSPS) is 19.4. The van der Waals surface area contributed by atoms with Gasteiger partial charge in [0.25, 0.3) is 0 Å². The van der Waals surface area contributed by atoms with Crippen molar-refractivity contribution in [1.82, 2.24) is 0 Å². The van der Waals surface area contributed by atoms with E-state index >= 15 is 0 Å². The molecule has 9 heteroatoms. The van der Waals surface area contributed by atoms with Crippen molar-refractivity contribution < 1.29 is 50.8 Å². The minimum Gasteiger partial charge on any atom is -0.676 e. The van der Waals surface area contributed by atoms with E-state index in [1.165, 1.54) is 19.3 Å². The van der Waals surface area contributed by atoms with Crippen molar-refractivity contribution >= 4 is 17.9 Å². The molecule has 0 saturated heterocycles. The Kier molecular flexibility index (Phi) is 10.2. The third kappa shape index (κ3) is 7.34. The topological polar surface area (TPSA) is 160 Å². The molecule has 1 saturated carbocycles. The maximum absolute atomic E-state index is 10.6. The summed E-state index contributed by atoms with van der Waals surface area (Å²) in [6.45, 7) is 0. The third-order valence-corrected chi connectivity index (χ3v) is 3.74. The summed E-state index contributed by atoms with van der Waals surface area (Å²) >= 11 is 0. The fourth-order valence-corrected chi connectivity index (χ4v) is 2.35. The standard InChI is InChI=1S/C9H6O6.C7H14N2.Pt/c10-7(11)4-1-2-5(8(12)13)6(3-4)9(14)15;8-6-4-2-1-3-5-7(6)9;/h1-3H,(H,10,11)(H,12,13)(H,14,15);6-9H,1-5H2;/q;-2;+2. The molecule has 2 unspecified atom stereocenters. The Morgan fingerprint density at radius 1 is 0.800 bits per heavy atom. The zero-order valence-electron chi connectivity index (χ0n) is 13.3. The van der Waals surface area contributed by atoms with Crippen LogP contribution < -0.4 is 0 Å². The molecule has 2 atom stereocenters. The smallest absolute Gasteiger partial charge is 0.676 e. The van der Waals surface area contributed by atoms with E-state index in [1.54, 1.807) is 0 Å². The number of carboxylic acids is 3. The van der Waals surface area contributed by atoms with Gasteiger partial charge in [-0.3, -0.25) is 0 Å². The Bertz CT molecular complexity index is 613. The molecule has 1 fully saturated rings. The summed E-state index contributed by atoms with van der Waals surface area (Å²) < 4.78 is 0. The third-order valence-electron chi connectivity index (χ3n) is 3.74. The fraction of sp³-hybridized carbons (Fsp3) is 0.438. The molecule has 1 aliphatic carbocycles. The molecule has 1 aromatic rings. The molecule has 8 nitrogen and oxygen atoms in total. The zero-order valence-corrected chi connectivity index (χ0v) is 15.6. The molecule has 0 radical (unpaired) electrons. The maximum Gasteiger partial charge on any atom is 2.00 e. The van der Waals surface area contributed by atoms with Gasteiger partial charge in [0, 0.05) is 0 Å². The molecule has 0 aliphatic heterocycles. The molecule has 0 amide bonds. The van der Waals surface area contributed by atoms with Gasteiger partial charge in [-0.2, -0.15) is 12.1 Å². The first kappa shape index (κ1) is 23.2. The number of aromatic carboxylic acids is 3. The summed E-state index contributed by atoms with van der Waals surface area (Å²) in [4.78, 5) is 31.8. The first-order valence-corrected chi connectivity index (χ1v) is 7.50. The Morgan fingerprint density at radius 3 is 1.68 bits per heavy atom. The molecule has 0 heterocycles. The molecule has 1 aromatic carbocycles. The molecule has 0 bridgehead atoms. The van der Waals surface area contributed by atoms with Gasteiger partial charge in [-0.1, -0.05) is 32.1 Å². The van der Waals surface area contributed by atoms with Gasteiger partial charge in [0.2, 0.25) is 0 Å². The van der Waals surface area contributed by atoms with Crippen LogP contribution in [0.5, 0.6) is 0 Å². The van der Waals surface area contributed by atoms with Gasteiger partial charge in [0.1, 0.15) is 0 Å². The van der Waals surface area contributed by atoms with Crippen LogP contribution in [0.2, 0.25) is 0 Å². The summed E-state index contributed by atoms with van der Waals surface area (Å²) in [6.07, 6.45) is 5.49. The van der Waals surface area contributed by atoms with Crippen molar-refractivity contribution in [2.24, 2.45) is 0 Å². The second-order valence-electron chi connectivity index (χ2n) is 5.53. The Labute approximate surface area is 159 Å². The van der Waals surface area contributed by atoms with E-state index in [-0.39, 0.29) is 38.7 Å². The predicted molar refractivity (Wildman–Crippen MR) is 86.6 cm³/mol. The van der Waals surface area contributed by atoms with Crippen molar-refractivity contribution in [3.8, 4) is 0 Å². The number of rotatable bonds is 3. The van der Waals surface area contributed by atoms with Crippen LogP contribution in [0.1, 0.15) is 63.2 Å². The molecule has 5 N–H and O–H groups in total. The van der Waals surface area contributed by atoms with Crippen LogP contribution in [0, 0.1) is 0 Å². The van der Waals surface area contributed by atoms with Crippen LogP contribution in [-0.2, 0) is 21.1 Å². The second kappa shape index (κ2) is 11.0. The molecular formula is C16H20N2O6Pt. The molecule has 1 aliphatic rings. The number of nitrogens with one attached hydrogen (secondary N) is 2. The van der Waals surface area contributed by atoms with Crippen LogP contribution in [0.15, 0.2) is 18.2 Å². The van der Waals surface area contributed by atoms with Crippen molar-refractivity contribution in [3.63, 3.8) is 0 Å². The first-order valence-electron chi connectivity index (χ1n) is 7.50. The number of carbonyl (C=O) groups is 3. The van der Waals surface area contributed by atoms with Crippen molar-refractivity contribution in [3.05, 3.63) is 46.4 Å². The van der Waals surface area contributed by atoms with Crippen LogP contribution in [0.3, 0.4) is 0 Å². The van der Waals surface area contributed by atoms with Crippen LogP contribution >= 0.6 is 0 Å². The van der Waals surface area contributed by atoms with Gasteiger partial charge < -0.3 is 26.8 Å². The summed E-state index contributed by atoms with van der Waals surface area (Å²) in [5.74, 6) is -4.20. The summed E-state index contributed by atoms with van der Waals surface area (Å²) in [6, 6.07) is 2.63. The number of hydrogen-bond donors (Lipinski definition) is 3. The van der Waals surface area contributed by atoms with Crippen molar-refractivity contribution in [1.29, 1.82) is 0 Å². The summed E-state index contributed by atoms with van der Waals surface area (Å²) in [5.41, 5.74) is 13.6. The van der Waals surface area contributed by atoms with E-state index in [4.69, 9.17) is 26.8 Å². The largest absolute Gasteiger partial charge is 2.00 e. The second-order valence-corrected chi connectivity index (χ2v) is 5.53. The molecule has 2 rings (SSSR count). The number of hydrogen-bond acceptors (Lipinski definition) is 3. The molecule has 140 valence electrons. The van der Waals surface area contributed by atoms with Gasteiger partial charge in [0.15, 0.2) is 0 Å². The van der Waals surface area contributed by atoms with E-state index in [1.807, 2.05) is 0 Å². The average molecular weight is 531 g/mol. The van der Waals surface area contributed by atoms with Gasteiger partial charge in [-0.15, -0.1) is 0 Å². The molecule has 25 heavy (non-hydrogen) atoms. The first-order chi connectivity index (χ1) is 11.2. The van der Waals surface area contributed by atoms with Crippen molar-refractivity contribution in [2.75, 3.05) is 0 Å². The van der Waals surface area contributed by atoms with Gasteiger partial charge in [-0.25, -0.2) is 14.4 Å². The maximum atomic E-state index is 10.6. The van der Waals surface area contributed by atoms with Crippen LogP contribution in [0.25, 0.3) is 11.5 Å². The van der Waals surface area contributed by atoms with Gasteiger partial charge >= 0.3 is 39.0 Å². The minimum atomic E-state index is -1.48. The summed E-state index contributed by atoms with van der Waals surface area (Å²) in [7, 11) is 0. The molecule has 0 spiro atoms. The molecular weight excluding hydrogens is 511 g/mol. The number of carboxylic acid groups (broad SMARTS) is 3. The van der Waals surface area contributed by atoms with E-state index in [0.717, 1.165) is 31.0 Å². The van der Waals surface area contributed by atoms with Crippen LogP contribution in [-0.4, -0.2) is 45.3 Å². The number of benzene rings is 1. The van der Waals surface area contributed by atoms with E-state index in [9.17, 15) is 14.4 Å². The monoisotopic (exact) mass is 531 g/mol. The van der Waals surface area contributed by atoms with E-state index < -0.39 is 29.0 Å². The predicted octanol–water partition coefficient (Wildman–Crippen LogP) is 3.57. The van der Waals surface area contributed by atoms with E-state index in [0.29, 0.717) is 0 Å². The molecule has 0 aromatic heterocycles. The van der Waals surface area contributed by atoms with Gasteiger partial charge in [0.05, 0.1) is 16.7 Å². The van der Waals surface area contributed by atoms with Crippen molar-refractivity contribution in [2.45, 2.75) is 44.2 Å². The Balaban J connectivity index is 0.000000495.